The molecular formula is C16H26N2O. The van der Waals surface area contributed by atoms with Crippen molar-refractivity contribution < 1.29 is 4.74 Å². The van der Waals surface area contributed by atoms with Crippen LogP contribution in [0, 0.1) is 0 Å². The summed E-state index contributed by atoms with van der Waals surface area (Å²) in [6.45, 7) is 6.77. The van der Waals surface area contributed by atoms with E-state index in [1.165, 1.54) is 18.4 Å². The molecule has 19 heavy (non-hydrogen) atoms. The van der Waals surface area contributed by atoms with Crippen LogP contribution in [-0.4, -0.2) is 31.8 Å². The molecule has 1 aromatic rings. The Labute approximate surface area is 116 Å². The average Bonchev–Trinajstić information content (AvgIpc) is 2.74. The second-order valence-corrected chi connectivity index (χ2v) is 5.90. The van der Waals surface area contributed by atoms with Gasteiger partial charge in [-0.05, 0) is 63.9 Å². The number of nitrogens with one attached hydrogen (secondary N) is 2. The molecule has 1 saturated heterocycles. The number of rotatable bonds is 6. The second kappa shape index (κ2) is 6.40. The summed E-state index contributed by atoms with van der Waals surface area (Å²) in [5.41, 5.74) is 1.62. The minimum absolute atomic E-state index is 0.236. The highest BCUT2D eigenvalue weighted by Crippen LogP contribution is 2.18. The van der Waals surface area contributed by atoms with Crippen LogP contribution in [-0.2, 0) is 6.42 Å². The lowest BCUT2D eigenvalue weighted by atomic mass is 9.97. The van der Waals surface area contributed by atoms with Gasteiger partial charge in [0.15, 0.2) is 0 Å². The Hall–Kier alpha value is -1.06. The number of methoxy groups -OCH3 is 1. The molecule has 1 fully saturated rings. The Morgan fingerprint density at radius 2 is 2.05 bits per heavy atom. The summed E-state index contributed by atoms with van der Waals surface area (Å²) in [7, 11) is 1.70. The SMILES string of the molecule is COc1ccc(CCCNC2CCNC2(C)C)cc1. The van der Waals surface area contributed by atoms with Crippen LogP contribution in [0.2, 0.25) is 0 Å². The van der Waals surface area contributed by atoms with E-state index < -0.39 is 0 Å². The third-order valence-corrected chi connectivity index (χ3v) is 4.08. The van der Waals surface area contributed by atoms with Crippen molar-refractivity contribution in [2.45, 2.75) is 44.7 Å². The lowest BCUT2D eigenvalue weighted by Crippen LogP contribution is -2.49. The first-order valence-corrected chi connectivity index (χ1v) is 7.23. The summed E-state index contributed by atoms with van der Waals surface area (Å²) in [5, 5.41) is 7.22. The first-order valence-electron chi connectivity index (χ1n) is 7.23. The van der Waals surface area contributed by atoms with Crippen LogP contribution in [0.5, 0.6) is 5.75 Å². The maximum atomic E-state index is 5.17. The van der Waals surface area contributed by atoms with Gasteiger partial charge in [-0.25, -0.2) is 0 Å². The molecule has 0 spiro atoms. The molecule has 0 radical (unpaired) electrons. The number of ether oxygens (including phenoxy) is 1. The van der Waals surface area contributed by atoms with Crippen LogP contribution in [0.15, 0.2) is 24.3 Å². The lowest BCUT2D eigenvalue weighted by molar-refractivity contribution is 0.350. The summed E-state index contributed by atoms with van der Waals surface area (Å²) in [5.74, 6) is 0.931. The summed E-state index contributed by atoms with van der Waals surface area (Å²) >= 11 is 0. The molecule has 0 bridgehead atoms. The van der Waals surface area contributed by atoms with Gasteiger partial charge in [-0.15, -0.1) is 0 Å². The van der Waals surface area contributed by atoms with Crippen molar-refractivity contribution in [1.29, 1.82) is 0 Å². The molecule has 1 aliphatic rings. The van der Waals surface area contributed by atoms with Crippen molar-refractivity contribution in [3.8, 4) is 5.75 Å². The first-order chi connectivity index (χ1) is 9.12. The van der Waals surface area contributed by atoms with Crippen molar-refractivity contribution in [2.24, 2.45) is 0 Å². The minimum atomic E-state index is 0.236. The van der Waals surface area contributed by atoms with E-state index in [0.717, 1.165) is 25.3 Å². The van der Waals surface area contributed by atoms with Crippen LogP contribution in [0.25, 0.3) is 0 Å². The van der Waals surface area contributed by atoms with E-state index in [9.17, 15) is 0 Å². The number of aryl methyl sites for hydroxylation is 1. The van der Waals surface area contributed by atoms with Crippen LogP contribution in [0.1, 0.15) is 32.3 Å². The van der Waals surface area contributed by atoms with Crippen molar-refractivity contribution in [3.63, 3.8) is 0 Å². The molecule has 0 amide bonds. The van der Waals surface area contributed by atoms with E-state index in [0.29, 0.717) is 6.04 Å². The van der Waals surface area contributed by atoms with E-state index in [1.807, 2.05) is 12.1 Å². The zero-order valence-corrected chi connectivity index (χ0v) is 12.3. The zero-order valence-electron chi connectivity index (χ0n) is 12.3. The van der Waals surface area contributed by atoms with Crippen LogP contribution in [0.4, 0.5) is 0 Å². The maximum absolute atomic E-state index is 5.17. The Morgan fingerprint density at radius 3 is 2.63 bits per heavy atom. The maximum Gasteiger partial charge on any atom is 0.118 e. The predicted molar refractivity (Wildman–Crippen MR) is 79.8 cm³/mol. The molecular weight excluding hydrogens is 236 g/mol. The van der Waals surface area contributed by atoms with Gasteiger partial charge in [0.1, 0.15) is 5.75 Å². The van der Waals surface area contributed by atoms with Crippen molar-refractivity contribution in [3.05, 3.63) is 29.8 Å². The first kappa shape index (κ1) is 14.4. The van der Waals surface area contributed by atoms with Gasteiger partial charge in [0, 0.05) is 11.6 Å². The standard InChI is InChI=1S/C16H26N2O/c1-16(2)15(10-12-18-16)17-11-4-5-13-6-8-14(19-3)9-7-13/h6-9,15,17-18H,4-5,10-12H2,1-3H3. The fraction of sp³-hybridized carbons (Fsp3) is 0.625. The molecule has 3 nitrogen and oxygen atoms in total. The Morgan fingerprint density at radius 1 is 1.32 bits per heavy atom. The van der Waals surface area contributed by atoms with Crippen molar-refractivity contribution >= 4 is 0 Å². The predicted octanol–water partition coefficient (Wildman–Crippen LogP) is 2.36. The second-order valence-electron chi connectivity index (χ2n) is 5.90. The Kier molecular flexibility index (Phi) is 4.83. The third kappa shape index (κ3) is 3.95. The van der Waals surface area contributed by atoms with Gasteiger partial charge in [0.25, 0.3) is 0 Å². The fourth-order valence-electron chi connectivity index (χ4n) is 2.74. The van der Waals surface area contributed by atoms with Crippen molar-refractivity contribution in [1.82, 2.24) is 10.6 Å². The van der Waals surface area contributed by atoms with Gasteiger partial charge in [-0.1, -0.05) is 12.1 Å². The Bertz CT molecular complexity index is 386. The molecule has 1 atom stereocenters. The zero-order chi connectivity index (χ0) is 13.7. The third-order valence-electron chi connectivity index (χ3n) is 4.08. The van der Waals surface area contributed by atoms with Gasteiger partial charge < -0.3 is 15.4 Å². The highest BCUT2D eigenvalue weighted by atomic mass is 16.5. The molecule has 0 aliphatic carbocycles. The topological polar surface area (TPSA) is 33.3 Å². The van der Waals surface area contributed by atoms with Gasteiger partial charge in [0.05, 0.1) is 7.11 Å². The molecule has 2 N–H and O–H groups in total. The minimum Gasteiger partial charge on any atom is -0.497 e. The van der Waals surface area contributed by atoms with Gasteiger partial charge in [-0.2, -0.15) is 0 Å². The number of hydrogen-bond acceptors (Lipinski definition) is 3. The largest absolute Gasteiger partial charge is 0.497 e. The van der Waals surface area contributed by atoms with Gasteiger partial charge in [0.2, 0.25) is 0 Å². The molecule has 1 unspecified atom stereocenters. The summed E-state index contributed by atoms with van der Waals surface area (Å²) < 4.78 is 5.17. The summed E-state index contributed by atoms with van der Waals surface area (Å²) in [6, 6.07) is 8.97. The molecule has 0 aromatic heterocycles. The summed E-state index contributed by atoms with van der Waals surface area (Å²) in [6.07, 6.45) is 3.53. The highest BCUT2D eigenvalue weighted by Gasteiger charge is 2.33. The van der Waals surface area contributed by atoms with Gasteiger partial charge in [-0.3, -0.25) is 0 Å². The van der Waals surface area contributed by atoms with E-state index in [2.05, 4.69) is 36.6 Å². The number of hydrogen-bond donors (Lipinski definition) is 2. The monoisotopic (exact) mass is 262 g/mol. The normalized spacial score (nSPS) is 21.5. The lowest BCUT2D eigenvalue weighted by Gasteiger charge is -2.28. The molecule has 106 valence electrons. The van der Waals surface area contributed by atoms with E-state index >= 15 is 0 Å². The van der Waals surface area contributed by atoms with Gasteiger partial charge >= 0.3 is 0 Å². The van der Waals surface area contributed by atoms with Crippen LogP contribution in [0.3, 0.4) is 0 Å². The molecule has 2 rings (SSSR count). The molecule has 1 heterocycles. The molecule has 3 heteroatoms. The molecule has 1 aliphatic heterocycles. The van der Waals surface area contributed by atoms with E-state index in [-0.39, 0.29) is 5.54 Å². The molecule has 0 saturated carbocycles. The average molecular weight is 262 g/mol. The van der Waals surface area contributed by atoms with Crippen LogP contribution < -0.4 is 15.4 Å². The molecule has 1 aromatic carbocycles. The van der Waals surface area contributed by atoms with E-state index in [1.54, 1.807) is 7.11 Å². The van der Waals surface area contributed by atoms with Crippen LogP contribution >= 0.6 is 0 Å². The fourth-order valence-corrected chi connectivity index (χ4v) is 2.74. The van der Waals surface area contributed by atoms with Crippen molar-refractivity contribution in [2.75, 3.05) is 20.2 Å². The van der Waals surface area contributed by atoms with E-state index in [4.69, 9.17) is 4.74 Å². The quantitative estimate of drug-likeness (QED) is 0.772. The summed E-state index contributed by atoms with van der Waals surface area (Å²) in [4.78, 5) is 0. The highest BCUT2D eigenvalue weighted by molar-refractivity contribution is 5.27. The Balaban J connectivity index is 1.69. The smallest absolute Gasteiger partial charge is 0.118 e. The number of benzene rings is 1.